The number of hydrogen-bond donors (Lipinski definition) is 0. The van der Waals surface area contributed by atoms with E-state index in [2.05, 4.69) is 0 Å². The molecule has 0 aliphatic heterocycles. The van der Waals surface area contributed by atoms with Gasteiger partial charge in [-0.2, -0.15) is 0 Å². The summed E-state index contributed by atoms with van der Waals surface area (Å²) in [6.45, 7) is 2.09. The molecule has 0 radical (unpaired) electrons. The Bertz CT molecular complexity index is 347. The number of hydrogen-bond acceptors (Lipinski definition) is 2. The summed E-state index contributed by atoms with van der Waals surface area (Å²) in [5.74, 6) is -1.11. The second-order valence-electron chi connectivity index (χ2n) is 6.99. The van der Waals surface area contributed by atoms with Crippen LogP contribution in [0.2, 0.25) is 0 Å². The maximum Gasteiger partial charge on any atom is 0.309 e. The van der Waals surface area contributed by atoms with Crippen molar-refractivity contribution in [3.8, 4) is 0 Å². The van der Waals surface area contributed by atoms with E-state index in [0.29, 0.717) is 11.8 Å². The van der Waals surface area contributed by atoms with Crippen LogP contribution in [0.5, 0.6) is 0 Å². The zero-order valence-electron chi connectivity index (χ0n) is 11.6. The van der Waals surface area contributed by atoms with E-state index in [1.54, 1.807) is 0 Å². The van der Waals surface area contributed by atoms with Crippen LogP contribution in [0.25, 0.3) is 0 Å². The van der Waals surface area contributed by atoms with E-state index < -0.39 is 12.0 Å². The summed E-state index contributed by atoms with van der Waals surface area (Å²) in [5, 5.41) is 0. The lowest BCUT2D eigenvalue weighted by atomic mass is 9.52. The van der Waals surface area contributed by atoms with Crippen LogP contribution < -0.4 is 0 Å². The third kappa shape index (κ3) is 2.38. The molecule has 0 aromatic carbocycles. The van der Waals surface area contributed by atoms with Gasteiger partial charge < -0.3 is 4.74 Å². The SMILES string of the molecule is CC(OC(=O)C1C2CC3CC(C2)CC1C3)C(C)(F)F. The molecule has 4 fully saturated rings. The molecule has 4 rings (SSSR count). The minimum atomic E-state index is -2.96. The predicted octanol–water partition coefficient (Wildman–Crippen LogP) is 3.65. The average molecular weight is 272 g/mol. The molecule has 4 heteroatoms. The topological polar surface area (TPSA) is 26.3 Å². The molecule has 1 atom stereocenters. The molecule has 0 aromatic heterocycles. The van der Waals surface area contributed by atoms with Gasteiger partial charge in [0.05, 0.1) is 5.92 Å². The molecular weight excluding hydrogens is 250 g/mol. The molecule has 108 valence electrons. The number of alkyl halides is 2. The van der Waals surface area contributed by atoms with Gasteiger partial charge in [0.15, 0.2) is 6.10 Å². The Balaban J connectivity index is 1.67. The zero-order valence-corrected chi connectivity index (χ0v) is 11.6. The van der Waals surface area contributed by atoms with E-state index in [4.69, 9.17) is 4.74 Å². The number of esters is 1. The first-order valence-electron chi connectivity index (χ1n) is 7.43. The highest BCUT2D eigenvalue weighted by atomic mass is 19.3. The van der Waals surface area contributed by atoms with Gasteiger partial charge in [-0.05, 0) is 62.7 Å². The van der Waals surface area contributed by atoms with Crippen LogP contribution >= 0.6 is 0 Å². The van der Waals surface area contributed by atoms with Crippen LogP contribution in [-0.2, 0) is 9.53 Å². The predicted molar refractivity (Wildman–Crippen MR) is 66.7 cm³/mol. The van der Waals surface area contributed by atoms with Gasteiger partial charge >= 0.3 is 5.97 Å². The fourth-order valence-electron chi connectivity index (χ4n) is 4.67. The van der Waals surface area contributed by atoms with Gasteiger partial charge in [0.25, 0.3) is 5.92 Å². The van der Waals surface area contributed by atoms with Crippen molar-refractivity contribution in [3.63, 3.8) is 0 Å². The number of halogens is 2. The summed E-state index contributed by atoms with van der Waals surface area (Å²) in [4.78, 5) is 12.2. The summed E-state index contributed by atoms with van der Waals surface area (Å²) in [7, 11) is 0. The van der Waals surface area contributed by atoms with E-state index in [-0.39, 0.29) is 11.9 Å². The van der Waals surface area contributed by atoms with Gasteiger partial charge in [0.2, 0.25) is 0 Å². The highest BCUT2D eigenvalue weighted by molar-refractivity contribution is 5.74. The van der Waals surface area contributed by atoms with Crippen molar-refractivity contribution >= 4 is 5.97 Å². The first-order chi connectivity index (χ1) is 8.84. The molecule has 1 unspecified atom stereocenters. The van der Waals surface area contributed by atoms with Crippen LogP contribution in [0.3, 0.4) is 0 Å². The summed E-state index contributed by atoms with van der Waals surface area (Å²) in [6, 6.07) is 0. The van der Waals surface area contributed by atoms with E-state index >= 15 is 0 Å². The number of rotatable bonds is 3. The number of carbonyl (C=O) groups excluding carboxylic acids is 1. The van der Waals surface area contributed by atoms with Gasteiger partial charge in [-0.25, -0.2) is 8.78 Å². The van der Waals surface area contributed by atoms with Gasteiger partial charge in [0, 0.05) is 6.92 Å². The van der Waals surface area contributed by atoms with Crippen LogP contribution in [0.15, 0.2) is 0 Å². The van der Waals surface area contributed by atoms with Crippen molar-refractivity contribution in [1.82, 2.24) is 0 Å². The van der Waals surface area contributed by atoms with Crippen molar-refractivity contribution in [1.29, 1.82) is 0 Å². The Morgan fingerprint density at radius 3 is 2.00 bits per heavy atom. The Hall–Kier alpha value is -0.670. The van der Waals surface area contributed by atoms with Crippen molar-refractivity contribution in [2.45, 2.75) is 58.0 Å². The fourth-order valence-corrected chi connectivity index (χ4v) is 4.67. The monoisotopic (exact) mass is 272 g/mol. The minimum Gasteiger partial charge on any atom is -0.456 e. The van der Waals surface area contributed by atoms with E-state index in [9.17, 15) is 13.6 Å². The van der Waals surface area contributed by atoms with Crippen molar-refractivity contribution in [2.24, 2.45) is 29.6 Å². The van der Waals surface area contributed by atoms with Crippen molar-refractivity contribution in [3.05, 3.63) is 0 Å². The third-order valence-corrected chi connectivity index (χ3v) is 5.51. The van der Waals surface area contributed by atoms with Crippen LogP contribution in [0.1, 0.15) is 46.0 Å². The largest absolute Gasteiger partial charge is 0.456 e. The van der Waals surface area contributed by atoms with Crippen molar-refractivity contribution in [2.75, 3.05) is 0 Å². The molecule has 0 spiro atoms. The van der Waals surface area contributed by atoms with Gasteiger partial charge in [-0.3, -0.25) is 4.79 Å². The molecule has 2 nitrogen and oxygen atoms in total. The lowest BCUT2D eigenvalue weighted by Crippen LogP contribution is -2.49. The molecule has 4 aliphatic carbocycles. The lowest BCUT2D eigenvalue weighted by molar-refractivity contribution is -0.183. The number of ether oxygens (including phenoxy) is 1. The lowest BCUT2D eigenvalue weighted by Gasteiger charge is -2.53. The Morgan fingerprint density at radius 1 is 1.11 bits per heavy atom. The smallest absolute Gasteiger partial charge is 0.309 e. The summed E-state index contributed by atoms with van der Waals surface area (Å²) >= 11 is 0. The van der Waals surface area contributed by atoms with Gasteiger partial charge in [0.1, 0.15) is 0 Å². The summed E-state index contributed by atoms with van der Waals surface area (Å²) in [6.07, 6.45) is 4.40. The minimum absolute atomic E-state index is 0.113. The Labute approximate surface area is 112 Å². The molecule has 0 amide bonds. The van der Waals surface area contributed by atoms with Crippen LogP contribution in [0.4, 0.5) is 8.78 Å². The number of carbonyl (C=O) groups is 1. The zero-order chi connectivity index (χ0) is 13.8. The van der Waals surface area contributed by atoms with Crippen molar-refractivity contribution < 1.29 is 18.3 Å². The van der Waals surface area contributed by atoms with Gasteiger partial charge in [-0.1, -0.05) is 0 Å². The first kappa shape index (κ1) is 13.3. The van der Waals surface area contributed by atoms with E-state index in [0.717, 1.165) is 44.4 Å². The molecular formula is C15H22F2O2. The third-order valence-electron chi connectivity index (χ3n) is 5.51. The quantitative estimate of drug-likeness (QED) is 0.733. The normalized spacial score (nSPS) is 42.2. The maximum absolute atomic E-state index is 13.1. The fraction of sp³-hybridized carbons (Fsp3) is 0.933. The molecule has 4 bridgehead atoms. The molecule has 0 aromatic rings. The highest BCUT2D eigenvalue weighted by Crippen LogP contribution is 2.56. The molecule has 19 heavy (non-hydrogen) atoms. The average Bonchev–Trinajstić information content (AvgIpc) is 2.25. The standard InChI is InChI=1S/C15H22F2O2/c1-8(15(2,16)17)19-14(18)13-11-4-9-3-10(6-11)7-12(13)5-9/h8-13H,3-7H2,1-2H3. The second kappa shape index (κ2) is 4.42. The van der Waals surface area contributed by atoms with Crippen LogP contribution in [-0.4, -0.2) is 18.0 Å². The van der Waals surface area contributed by atoms with Gasteiger partial charge in [-0.15, -0.1) is 0 Å². The van der Waals surface area contributed by atoms with E-state index in [1.807, 2.05) is 0 Å². The Kier molecular flexibility index (Phi) is 3.10. The second-order valence-corrected chi connectivity index (χ2v) is 6.99. The maximum atomic E-state index is 13.1. The molecule has 0 N–H and O–H groups in total. The van der Waals surface area contributed by atoms with Crippen LogP contribution in [0, 0.1) is 29.6 Å². The van der Waals surface area contributed by atoms with E-state index in [1.165, 1.54) is 13.3 Å². The first-order valence-corrected chi connectivity index (χ1v) is 7.43. The molecule has 4 saturated carbocycles. The Morgan fingerprint density at radius 2 is 1.58 bits per heavy atom. The molecule has 4 aliphatic rings. The molecule has 0 saturated heterocycles. The molecule has 0 heterocycles. The highest BCUT2D eigenvalue weighted by Gasteiger charge is 2.52. The summed E-state index contributed by atoms with van der Waals surface area (Å²) in [5.41, 5.74) is 0. The summed E-state index contributed by atoms with van der Waals surface area (Å²) < 4.78 is 31.3.